The summed E-state index contributed by atoms with van der Waals surface area (Å²) in [5, 5.41) is 17.3. The summed E-state index contributed by atoms with van der Waals surface area (Å²) < 4.78 is 79.8. The molecule has 1 aliphatic carbocycles. The number of hydrogen-bond acceptors (Lipinski definition) is 6. The number of fused-ring (bicyclic) bond motifs is 2. The van der Waals surface area contributed by atoms with E-state index in [0.29, 0.717) is 0 Å². The summed E-state index contributed by atoms with van der Waals surface area (Å²) >= 11 is 5.91. The highest BCUT2D eigenvalue weighted by Gasteiger charge is 2.57. The number of hydrogen-bond donors (Lipinski definition) is 3. The minimum Gasteiger partial charge on any atom is -0.489 e. The van der Waals surface area contributed by atoms with Gasteiger partial charge >= 0.3 is 6.18 Å². The molecule has 1 fully saturated rings. The van der Waals surface area contributed by atoms with Gasteiger partial charge in [-0.25, -0.2) is 13.8 Å². The summed E-state index contributed by atoms with van der Waals surface area (Å²) in [6.45, 7) is -0.450. The molecule has 0 saturated heterocycles. The second-order valence-corrected chi connectivity index (χ2v) is 11.5. The smallest absolute Gasteiger partial charge is 0.424 e. The zero-order valence-corrected chi connectivity index (χ0v) is 23.6. The number of primary amides is 1. The normalized spacial score (nSPS) is 19.4. The Balaban J connectivity index is 1.40. The number of carbonyl (C=O) groups excluding carboxylic acids is 2. The standard InChI is InChI=1S/C29H23ClF5N5O4/c1-27(26(36)42)12-44-24-17(27)9-21(38-23(24)13-2-5-19(31)18(30)7-13)28(43,29(33,34)35)11-37-25(41)14-6-15-10-40(16-3-4-16)39-22(15)20(32)8-14/h2,5-10,16,43H,3-4,11-12H2,1H3,(H2,36,42)(H,37,41)/t27-,28?/m0/s1. The van der Waals surface area contributed by atoms with Crippen molar-refractivity contribution in [3.63, 3.8) is 0 Å². The first-order valence-electron chi connectivity index (χ1n) is 13.3. The second kappa shape index (κ2) is 10.1. The fraction of sp³-hybridized carbons (Fsp3) is 0.310. The van der Waals surface area contributed by atoms with Crippen molar-refractivity contribution < 1.29 is 41.4 Å². The zero-order chi connectivity index (χ0) is 31.8. The number of ether oxygens (including phenoxy) is 1. The highest BCUT2D eigenvalue weighted by Crippen LogP contribution is 2.48. The third-order valence-electron chi connectivity index (χ3n) is 7.97. The number of alkyl halides is 3. The van der Waals surface area contributed by atoms with Crippen molar-refractivity contribution in [2.24, 2.45) is 5.73 Å². The van der Waals surface area contributed by atoms with Crippen LogP contribution in [0.1, 0.15) is 47.4 Å². The molecule has 0 spiro atoms. The number of aliphatic hydroxyl groups is 1. The second-order valence-electron chi connectivity index (χ2n) is 11.1. The van der Waals surface area contributed by atoms with E-state index in [4.69, 9.17) is 22.1 Å². The summed E-state index contributed by atoms with van der Waals surface area (Å²) in [6, 6.07) is 6.32. The van der Waals surface area contributed by atoms with E-state index in [1.54, 1.807) is 10.9 Å². The van der Waals surface area contributed by atoms with Crippen molar-refractivity contribution in [2.75, 3.05) is 13.2 Å². The highest BCUT2D eigenvalue weighted by molar-refractivity contribution is 6.31. The summed E-state index contributed by atoms with van der Waals surface area (Å²) in [6.07, 6.45) is -2.14. The Morgan fingerprint density at radius 2 is 1.91 bits per heavy atom. The number of aromatic nitrogens is 3. The van der Waals surface area contributed by atoms with E-state index < -0.39 is 52.9 Å². The first kappa shape index (κ1) is 29.8. The van der Waals surface area contributed by atoms with E-state index in [0.717, 1.165) is 37.1 Å². The number of benzene rings is 2. The van der Waals surface area contributed by atoms with Crippen molar-refractivity contribution in [1.82, 2.24) is 20.1 Å². The minimum atomic E-state index is -5.43. The third-order valence-corrected chi connectivity index (χ3v) is 8.26. The molecule has 4 N–H and O–H groups in total. The molecule has 15 heteroatoms. The maximum Gasteiger partial charge on any atom is 0.424 e. The summed E-state index contributed by atoms with van der Waals surface area (Å²) in [5.74, 6) is -3.80. The topological polar surface area (TPSA) is 132 Å². The molecule has 6 rings (SSSR count). The lowest BCUT2D eigenvalue weighted by Gasteiger charge is -2.31. The fourth-order valence-corrected chi connectivity index (χ4v) is 5.23. The van der Waals surface area contributed by atoms with E-state index in [-0.39, 0.29) is 56.7 Å². The molecule has 44 heavy (non-hydrogen) atoms. The molecule has 2 aliphatic rings. The molecule has 2 aromatic heterocycles. The molecule has 1 saturated carbocycles. The number of amides is 2. The SMILES string of the molecule is C[C@]1(C(N)=O)COc2c1cc(C(O)(CNC(=O)c1cc(F)c3nn(C4CC4)cc3c1)C(F)(F)F)nc2-c1ccc(F)c(Cl)c1. The Labute approximate surface area is 250 Å². The molecule has 9 nitrogen and oxygen atoms in total. The van der Waals surface area contributed by atoms with Crippen LogP contribution in [-0.4, -0.2) is 51.0 Å². The van der Waals surface area contributed by atoms with E-state index >= 15 is 0 Å². The molecule has 0 radical (unpaired) electrons. The molecular weight excluding hydrogens is 613 g/mol. The fourth-order valence-electron chi connectivity index (χ4n) is 5.05. The molecule has 3 heterocycles. The molecule has 2 aromatic carbocycles. The van der Waals surface area contributed by atoms with Crippen LogP contribution in [0.15, 0.2) is 42.6 Å². The molecular formula is C29H23ClF5N5O4. The number of halogens is 6. The Morgan fingerprint density at radius 3 is 2.55 bits per heavy atom. The number of rotatable bonds is 7. The Morgan fingerprint density at radius 1 is 1.18 bits per heavy atom. The predicted octanol–water partition coefficient (Wildman–Crippen LogP) is 4.68. The van der Waals surface area contributed by atoms with Crippen LogP contribution in [0.4, 0.5) is 22.0 Å². The van der Waals surface area contributed by atoms with E-state index in [9.17, 15) is 36.6 Å². The van der Waals surface area contributed by atoms with Gasteiger partial charge < -0.3 is 20.9 Å². The highest BCUT2D eigenvalue weighted by atomic mass is 35.5. The number of pyridine rings is 1. The van der Waals surface area contributed by atoms with Crippen molar-refractivity contribution in [2.45, 2.75) is 43.0 Å². The van der Waals surface area contributed by atoms with E-state index in [1.807, 2.05) is 5.32 Å². The quantitative estimate of drug-likeness (QED) is 0.253. The molecule has 1 unspecified atom stereocenters. The lowest BCUT2D eigenvalue weighted by Crippen LogP contribution is -2.51. The van der Waals surface area contributed by atoms with E-state index in [1.165, 1.54) is 19.1 Å². The van der Waals surface area contributed by atoms with Crippen LogP contribution < -0.4 is 15.8 Å². The Kier molecular flexibility index (Phi) is 6.85. The number of nitrogens with two attached hydrogens (primary N) is 1. The van der Waals surface area contributed by atoms with Crippen LogP contribution >= 0.6 is 11.6 Å². The predicted molar refractivity (Wildman–Crippen MR) is 147 cm³/mol. The van der Waals surface area contributed by atoms with Gasteiger partial charge in [0.1, 0.15) is 34.8 Å². The largest absolute Gasteiger partial charge is 0.489 e. The molecule has 0 bridgehead atoms. The lowest BCUT2D eigenvalue weighted by molar-refractivity contribution is -0.265. The summed E-state index contributed by atoms with van der Waals surface area (Å²) in [7, 11) is 0. The maximum absolute atomic E-state index is 14.8. The van der Waals surface area contributed by atoms with Crippen LogP contribution in [0.3, 0.4) is 0 Å². The Hall–Kier alpha value is -4.30. The average molecular weight is 636 g/mol. The van der Waals surface area contributed by atoms with Gasteiger partial charge in [0.25, 0.3) is 5.91 Å². The molecule has 230 valence electrons. The molecule has 2 atom stereocenters. The monoisotopic (exact) mass is 635 g/mol. The van der Waals surface area contributed by atoms with Crippen LogP contribution in [0.5, 0.6) is 5.75 Å². The average Bonchev–Trinajstić information content (AvgIpc) is 3.63. The maximum atomic E-state index is 14.8. The Bertz CT molecular complexity index is 1860. The van der Waals surface area contributed by atoms with Crippen LogP contribution in [0, 0.1) is 11.6 Å². The van der Waals surface area contributed by atoms with Gasteiger partial charge in [0.15, 0.2) is 5.82 Å². The van der Waals surface area contributed by atoms with Gasteiger partial charge in [-0.15, -0.1) is 0 Å². The molecule has 2 amide bonds. The van der Waals surface area contributed by atoms with Crippen LogP contribution in [0.2, 0.25) is 5.02 Å². The van der Waals surface area contributed by atoms with Crippen molar-refractivity contribution in [3.05, 3.63) is 76.1 Å². The van der Waals surface area contributed by atoms with Gasteiger partial charge in [-0.05, 0) is 56.2 Å². The van der Waals surface area contributed by atoms with Gasteiger partial charge in [0.05, 0.1) is 23.3 Å². The van der Waals surface area contributed by atoms with Crippen molar-refractivity contribution in [1.29, 1.82) is 0 Å². The van der Waals surface area contributed by atoms with Gasteiger partial charge in [-0.1, -0.05) is 11.6 Å². The van der Waals surface area contributed by atoms with Gasteiger partial charge in [0.2, 0.25) is 11.5 Å². The zero-order valence-electron chi connectivity index (χ0n) is 22.8. The van der Waals surface area contributed by atoms with Crippen LogP contribution in [0.25, 0.3) is 22.2 Å². The number of carbonyl (C=O) groups is 2. The van der Waals surface area contributed by atoms with Crippen molar-refractivity contribution >= 4 is 34.3 Å². The van der Waals surface area contributed by atoms with Gasteiger partial charge in [0, 0.05) is 28.3 Å². The first-order valence-corrected chi connectivity index (χ1v) is 13.7. The first-order chi connectivity index (χ1) is 20.6. The minimum absolute atomic E-state index is 0.00994. The third kappa shape index (κ3) is 4.81. The number of nitrogens with zero attached hydrogens (tertiary/aromatic N) is 3. The summed E-state index contributed by atoms with van der Waals surface area (Å²) in [5.41, 5.74) is -1.54. The molecule has 1 aliphatic heterocycles. The summed E-state index contributed by atoms with van der Waals surface area (Å²) in [4.78, 5) is 29.4. The van der Waals surface area contributed by atoms with Crippen LogP contribution in [-0.2, 0) is 15.8 Å². The van der Waals surface area contributed by atoms with Gasteiger partial charge in [-0.2, -0.15) is 18.3 Å². The van der Waals surface area contributed by atoms with Crippen molar-refractivity contribution in [3.8, 4) is 17.0 Å². The molecule has 4 aromatic rings. The van der Waals surface area contributed by atoms with Gasteiger partial charge in [-0.3, -0.25) is 14.3 Å². The van der Waals surface area contributed by atoms with E-state index in [2.05, 4.69) is 10.1 Å². The lowest BCUT2D eigenvalue weighted by atomic mass is 9.81. The number of nitrogens with one attached hydrogen (secondary N) is 1.